The summed E-state index contributed by atoms with van der Waals surface area (Å²) in [6.45, 7) is 0. The number of thiophene rings is 1. The molecule has 0 fully saturated rings. The number of anilines is 1. The smallest absolute Gasteiger partial charge is 0.250 e. The van der Waals surface area contributed by atoms with Gasteiger partial charge in [0.2, 0.25) is 5.91 Å². The van der Waals surface area contributed by atoms with Crippen molar-refractivity contribution in [2.45, 2.75) is 16.7 Å². The molecule has 160 valence electrons. The molecule has 1 atom stereocenters. The van der Waals surface area contributed by atoms with Gasteiger partial charge in [-0.3, -0.25) is 9.89 Å². The highest BCUT2D eigenvalue weighted by Gasteiger charge is 2.28. The summed E-state index contributed by atoms with van der Waals surface area (Å²) in [5.74, 6) is 0.379. The number of nitrogens with zero attached hydrogens (tertiary/aromatic N) is 1. The van der Waals surface area contributed by atoms with Crippen LogP contribution < -0.4 is 10.0 Å². The Morgan fingerprint density at radius 2 is 2.00 bits per heavy atom. The number of amides is 1. The van der Waals surface area contributed by atoms with Gasteiger partial charge in [0, 0.05) is 6.07 Å². The summed E-state index contributed by atoms with van der Waals surface area (Å²) >= 11 is 14.1. The number of nitrogens with one attached hydrogen (secondary N) is 3. The Bertz CT molecular complexity index is 1100. The lowest BCUT2D eigenvalue weighted by atomic mass is 10.1. The predicted octanol–water partition coefficient (Wildman–Crippen LogP) is 4.48. The van der Waals surface area contributed by atoms with Crippen molar-refractivity contribution in [2.75, 3.05) is 17.3 Å². The summed E-state index contributed by atoms with van der Waals surface area (Å²) in [5.41, 5.74) is 1.65. The fourth-order valence-corrected chi connectivity index (χ4v) is 6.15. The second-order valence-electron chi connectivity index (χ2n) is 6.16. The molecule has 0 saturated heterocycles. The number of hydrogen-bond acceptors (Lipinski definition) is 6. The first-order valence-corrected chi connectivity index (χ1v) is 13.1. The van der Waals surface area contributed by atoms with Crippen LogP contribution in [-0.2, 0) is 14.8 Å². The molecule has 0 aliphatic heterocycles. The third-order valence-corrected chi connectivity index (χ3v) is 8.48. The van der Waals surface area contributed by atoms with Crippen molar-refractivity contribution in [1.82, 2.24) is 14.9 Å². The van der Waals surface area contributed by atoms with Crippen LogP contribution in [0.15, 0.2) is 46.7 Å². The molecule has 2 heterocycles. The highest BCUT2D eigenvalue weighted by Crippen LogP contribution is 2.34. The minimum Gasteiger partial charge on any atom is -0.308 e. The van der Waals surface area contributed by atoms with Crippen LogP contribution in [0.2, 0.25) is 9.36 Å². The maximum Gasteiger partial charge on any atom is 0.250 e. The monoisotopic (exact) mass is 504 g/mol. The standard InChI is InChI=1S/C18H18Cl2N4O3S3/c1-28-8-7-13(24-30(26,27)16-9-12(19)17(20)29-16)18(25)21-15-10-14(22-23-15)11-5-3-2-4-6-11/h2-6,9-10,13,24H,7-8H2,1H3,(H2,21,22,23,25). The van der Waals surface area contributed by atoms with Crippen molar-refractivity contribution in [1.29, 1.82) is 0 Å². The molecule has 0 radical (unpaired) electrons. The van der Waals surface area contributed by atoms with E-state index in [1.807, 2.05) is 36.6 Å². The maximum atomic E-state index is 12.8. The van der Waals surface area contributed by atoms with Gasteiger partial charge in [0.15, 0.2) is 5.82 Å². The van der Waals surface area contributed by atoms with E-state index in [-0.39, 0.29) is 13.6 Å². The van der Waals surface area contributed by atoms with Gasteiger partial charge in [-0.05, 0) is 30.1 Å². The van der Waals surface area contributed by atoms with Gasteiger partial charge < -0.3 is 5.32 Å². The van der Waals surface area contributed by atoms with E-state index in [9.17, 15) is 13.2 Å². The minimum atomic E-state index is -3.97. The van der Waals surface area contributed by atoms with E-state index >= 15 is 0 Å². The number of carbonyl (C=O) groups is 1. The van der Waals surface area contributed by atoms with Crippen molar-refractivity contribution in [2.24, 2.45) is 0 Å². The van der Waals surface area contributed by atoms with Crippen LogP contribution in [0.4, 0.5) is 5.82 Å². The Morgan fingerprint density at radius 1 is 1.27 bits per heavy atom. The highest BCUT2D eigenvalue weighted by molar-refractivity contribution is 7.98. The van der Waals surface area contributed by atoms with Crippen LogP contribution >= 0.6 is 46.3 Å². The Labute approximate surface area is 192 Å². The summed E-state index contributed by atoms with van der Waals surface area (Å²) in [6, 6.07) is 11.5. The number of benzene rings is 1. The summed E-state index contributed by atoms with van der Waals surface area (Å²) < 4.78 is 27.9. The summed E-state index contributed by atoms with van der Waals surface area (Å²) in [5, 5.41) is 9.77. The molecule has 0 saturated carbocycles. The molecule has 12 heteroatoms. The lowest BCUT2D eigenvalue weighted by Crippen LogP contribution is -2.44. The second-order valence-corrected chi connectivity index (χ2v) is 11.2. The Kier molecular flexibility index (Phi) is 7.83. The summed E-state index contributed by atoms with van der Waals surface area (Å²) in [7, 11) is -3.97. The Morgan fingerprint density at radius 3 is 2.63 bits per heavy atom. The molecule has 3 aromatic rings. The zero-order valence-corrected chi connectivity index (χ0v) is 19.6. The quantitative estimate of drug-likeness (QED) is 0.398. The summed E-state index contributed by atoms with van der Waals surface area (Å²) in [4.78, 5) is 12.8. The largest absolute Gasteiger partial charge is 0.308 e. The molecule has 0 spiro atoms. The van der Waals surface area contributed by atoms with Crippen LogP contribution in [-0.4, -0.2) is 42.6 Å². The first-order chi connectivity index (χ1) is 14.3. The van der Waals surface area contributed by atoms with E-state index in [0.717, 1.165) is 22.6 Å². The number of halogens is 2. The number of hydrogen-bond donors (Lipinski definition) is 3. The van der Waals surface area contributed by atoms with E-state index in [0.29, 0.717) is 18.0 Å². The van der Waals surface area contributed by atoms with Crippen LogP contribution in [0.25, 0.3) is 11.3 Å². The predicted molar refractivity (Wildman–Crippen MR) is 124 cm³/mol. The van der Waals surface area contributed by atoms with Crippen molar-refractivity contribution < 1.29 is 13.2 Å². The van der Waals surface area contributed by atoms with E-state index < -0.39 is 22.0 Å². The fourth-order valence-electron chi connectivity index (χ4n) is 2.55. The van der Waals surface area contributed by atoms with Crippen molar-refractivity contribution in [3.63, 3.8) is 0 Å². The van der Waals surface area contributed by atoms with E-state index in [1.54, 1.807) is 6.07 Å². The molecule has 1 unspecified atom stereocenters. The summed E-state index contributed by atoms with van der Waals surface area (Å²) in [6.07, 6.45) is 2.18. The van der Waals surface area contributed by atoms with Gasteiger partial charge in [0.25, 0.3) is 10.0 Å². The second kappa shape index (κ2) is 10.2. The van der Waals surface area contributed by atoms with Crippen LogP contribution in [0.1, 0.15) is 6.42 Å². The lowest BCUT2D eigenvalue weighted by molar-refractivity contribution is -0.117. The molecular formula is C18H18Cl2N4O3S3. The van der Waals surface area contributed by atoms with E-state index in [1.165, 1.54) is 17.8 Å². The lowest BCUT2D eigenvalue weighted by Gasteiger charge is -2.17. The molecule has 2 aromatic heterocycles. The third kappa shape index (κ3) is 5.77. The zero-order chi connectivity index (χ0) is 21.7. The van der Waals surface area contributed by atoms with Crippen molar-refractivity contribution >= 4 is 68.0 Å². The Balaban J connectivity index is 1.75. The average Bonchev–Trinajstić information content (AvgIpc) is 3.33. The first kappa shape index (κ1) is 23.1. The van der Waals surface area contributed by atoms with Crippen LogP contribution in [0, 0.1) is 0 Å². The topological polar surface area (TPSA) is 104 Å². The molecule has 1 aromatic carbocycles. The van der Waals surface area contributed by atoms with Gasteiger partial charge in [-0.25, -0.2) is 8.42 Å². The number of H-pyrrole nitrogens is 1. The number of aromatic amines is 1. The highest BCUT2D eigenvalue weighted by atomic mass is 35.5. The number of rotatable bonds is 9. The first-order valence-electron chi connectivity index (χ1n) is 8.68. The number of sulfonamides is 1. The Hall–Kier alpha value is -1.56. The van der Waals surface area contributed by atoms with Crippen molar-refractivity contribution in [3.05, 3.63) is 51.8 Å². The molecule has 3 rings (SSSR count). The van der Waals surface area contributed by atoms with E-state index in [4.69, 9.17) is 23.2 Å². The molecule has 7 nitrogen and oxygen atoms in total. The third-order valence-electron chi connectivity index (χ3n) is 4.03. The average molecular weight is 505 g/mol. The molecular weight excluding hydrogens is 487 g/mol. The van der Waals surface area contributed by atoms with Gasteiger partial charge >= 0.3 is 0 Å². The normalized spacial score (nSPS) is 12.6. The van der Waals surface area contributed by atoms with Gasteiger partial charge in [-0.15, -0.1) is 11.3 Å². The molecule has 0 aliphatic rings. The minimum absolute atomic E-state index is 0.0504. The van der Waals surface area contributed by atoms with Gasteiger partial charge in [-0.2, -0.15) is 21.6 Å². The molecule has 30 heavy (non-hydrogen) atoms. The van der Waals surface area contributed by atoms with Crippen LogP contribution in [0.3, 0.4) is 0 Å². The number of thioether (sulfide) groups is 1. The van der Waals surface area contributed by atoms with Gasteiger partial charge in [-0.1, -0.05) is 53.5 Å². The fraction of sp³-hybridized carbons (Fsp3) is 0.222. The molecule has 1 amide bonds. The maximum absolute atomic E-state index is 12.8. The SMILES string of the molecule is CSCCC(NS(=O)(=O)c1cc(Cl)c(Cl)s1)C(=O)Nc1cc(-c2ccccc2)[nH]n1. The zero-order valence-electron chi connectivity index (χ0n) is 15.7. The van der Waals surface area contributed by atoms with Gasteiger partial charge in [0.05, 0.1) is 10.7 Å². The number of carbonyl (C=O) groups excluding carboxylic acids is 1. The van der Waals surface area contributed by atoms with Gasteiger partial charge in [0.1, 0.15) is 14.6 Å². The van der Waals surface area contributed by atoms with Crippen LogP contribution in [0.5, 0.6) is 0 Å². The number of aromatic nitrogens is 2. The van der Waals surface area contributed by atoms with Crippen molar-refractivity contribution in [3.8, 4) is 11.3 Å². The molecule has 3 N–H and O–H groups in total. The molecule has 0 aliphatic carbocycles. The molecule has 0 bridgehead atoms. The van der Waals surface area contributed by atoms with E-state index in [2.05, 4.69) is 20.2 Å².